The lowest BCUT2D eigenvalue weighted by atomic mass is 9.87. The van der Waals surface area contributed by atoms with Crippen molar-refractivity contribution < 1.29 is 28.5 Å². The first-order valence-electron chi connectivity index (χ1n) is 10.7. The molecule has 0 amide bonds. The topological polar surface area (TPSA) is 96.7 Å². The number of carbonyl (C=O) groups is 1. The van der Waals surface area contributed by atoms with Crippen LogP contribution in [-0.2, 0) is 20.5 Å². The largest absolute Gasteiger partial charge is 0.391 e. The Bertz CT molecular complexity index is 1240. The van der Waals surface area contributed by atoms with E-state index in [1.165, 1.54) is 12.1 Å². The van der Waals surface area contributed by atoms with Crippen molar-refractivity contribution in [2.45, 2.75) is 38.5 Å². The van der Waals surface area contributed by atoms with Crippen molar-refractivity contribution in [2.24, 2.45) is 0 Å². The number of nitrogens with zero attached hydrogens (tertiary/aromatic N) is 1. The van der Waals surface area contributed by atoms with Gasteiger partial charge in [-0.15, -0.1) is 0 Å². The molecule has 3 unspecified atom stereocenters. The number of benzene rings is 2. The number of esters is 1. The van der Waals surface area contributed by atoms with Crippen LogP contribution in [0.3, 0.4) is 0 Å². The second-order valence-corrected chi connectivity index (χ2v) is 9.03. The van der Waals surface area contributed by atoms with Crippen LogP contribution in [0.2, 0.25) is 0 Å². The number of pyridine rings is 1. The molecule has 0 saturated carbocycles. The van der Waals surface area contributed by atoms with Crippen LogP contribution in [0.15, 0.2) is 54.6 Å². The lowest BCUT2D eigenvalue weighted by molar-refractivity contribution is -0.139. The van der Waals surface area contributed by atoms with Crippen molar-refractivity contribution in [3.05, 3.63) is 77.2 Å². The first kappa shape index (κ1) is 25.3. The predicted octanol–water partition coefficient (Wildman–Crippen LogP) is 4.82. The molecule has 8 heteroatoms. The summed E-state index contributed by atoms with van der Waals surface area (Å²) in [7, 11) is -3.42. The van der Waals surface area contributed by atoms with Crippen LogP contribution in [0.4, 0.5) is 4.39 Å². The second-order valence-electron chi connectivity index (χ2n) is 7.73. The molecule has 0 bridgehead atoms. The Morgan fingerprint density at radius 1 is 1.18 bits per heavy atom. The Morgan fingerprint density at radius 2 is 1.82 bits per heavy atom. The van der Waals surface area contributed by atoms with Gasteiger partial charge >= 0.3 is 5.97 Å². The number of hydrogen-bond acceptors (Lipinski definition) is 5. The van der Waals surface area contributed by atoms with Crippen molar-refractivity contribution in [1.29, 1.82) is 0 Å². The highest BCUT2D eigenvalue weighted by molar-refractivity contribution is 7.38. The number of ether oxygens (including phenoxy) is 1. The van der Waals surface area contributed by atoms with Crippen LogP contribution in [-0.4, -0.2) is 27.1 Å². The van der Waals surface area contributed by atoms with E-state index in [9.17, 15) is 23.7 Å². The van der Waals surface area contributed by atoms with Crippen LogP contribution in [0.5, 0.6) is 0 Å². The van der Waals surface area contributed by atoms with Gasteiger partial charge < -0.3 is 14.7 Å². The maximum Gasteiger partial charge on any atom is 0.322 e. The van der Waals surface area contributed by atoms with E-state index in [0.29, 0.717) is 40.1 Å². The van der Waals surface area contributed by atoms with E-state index in [1.807, 2.05) is 44.2 Å². The summed E-state index contributed by atoms with van der Waals surface area (Å²) in [6, 6.07) is 15.2. The molecule has 3 atom stereocenters. The highest BCUT2D eigenvalue weighted by Crippen LogP contribution is 2.48. The molecule has 176 valence electrons. The Balaban J connectivity index is 2.33. The number of aliphatic hydroxyl groups excluding tert-OH is 1. The van der Waals surface area contributed by atoms with E-state index in [-0.39, 0.29) is 0 Å². The summed E-state index contributed by atoms with van der Waals surface area (Å²) in [4.78, 5) is 27.0. The highest BCUT2D eigenvalue weighted by Gasteiger charge is 2.34. The zero-order valence-corrected chi connectivity index (χ0v) is 19.8. The lowest BCUT2D eigenvalue weighted by Crippen LogP contribution is -2.23. The zero-order valence-electron chi connectivity index (χ0n) is 18.8. The van der Waals surface area contributed by atoms with Crippen LogP contribution < -0.4 is 0 Å². The molecule has 3 aromatic rings. The van der Waals surface area contributed by atoms with Gasteiger partial charge in [0.15, 0.2) is 8.03 Å². The zero-order chi connectivity index (χ0) is 24.8. The van der Waals surface area contributed by atoms with Crippen molar-refractivity contribution in [3.8, 4) is 34.9 Å². The number of hydrogen-bond donors (Lipinski definition) is 2. The fourth-order valence-corrected chi connectivity index (χ4v) is 5.10. The van der Waals surface area contributed by atoms with Gasteiger partial charge in [0.05, 0.1) is 23.9 Å². The third kappa shape index (κ3) is 5.43. The minimum absolute atomic E-state index is 0.346. The Hall–Kier alpha value is -3.30. The Labute approximate surface area is 198 Å². The van der Waals surface area contributed by atoms with Gasteiger partial charge in [-0.05, 0) is 47.7 Å². The molecule has 34 heavy (non-hydrogen) atoms. The normalized spacial score (nSPS) is 13.5. The fraction of sp³-hybridized carbons (Fsp3) is 0.231. The molecule has 3 rings (SSSR count). The Morgan fingerprint density at radius 3 is 2.38 bits per heavy atom. The van der Waals surface area contributed by atoms with E-state index in [4.69, 9.17) is 11.4 Å². The summed E-state index contributed by atoms with van der Waals surface area (Å²) < 4.78 is 30.8. The summed E-state index contributed by atoms with van der Waals surface area (Å²) in [6.45, 7) is 3.66. The molecule has 0 aliphatic carbocycles. The van der Waals surface area contributed by atoms with Gasteiger partial charge in [-0.1, -0.05) is 55.8 Å². The molecular formula is C26H25FNO5P. The van der Waals surface area contributed by atoms with Gasteiger partial charge in [0.1, 0.15) is 11.9 Å². The minimum Gasteiger partial charge on any atom is -0.391 e. The molecule has 6 nitrogen and oxygen atoms in total. The number of aromatic nitrogens is 1. The van der Waals surface area contributed by atoms with Crippen LogP contribution in [0, 0.1) is 25.3 Å². The summed E-state index contributed by atoms with van der Waals surface area (Å²) in [5, 5.41) is 10.9. The third-order valence-corrected chi connectivity index (χ3v) is 6.79. The number of halogens is 1. The van der Waals surface area contributed by atoms with E-state index >= 15 is 0 Å². The van der Waals surface area contributed by atoms with Crippen molar-refractivity contribution in [3.63, 3.8) is 0 Å². The predicted molar refractivity (Wildman–Crippen MR) is 129 cm³/mol. The SMILES string of the molecule is C#COC(=O)CC(O)C(c1c(CC)nc(-c2ccccc2)c(C)c1-c1ccc(F)cc1)[PH](=O)O. The lowest BCUT2D eigenvalue weighted by Gasteiger charge is -2.27. The van der Waals surface area contributed by atoms with E-state index in [2.05, 4.69) is 4.74 Å². The smallest absolute Gasteiger partial charge is 0.322 e. The maximum atomic E-state index is 13.7. The number of aliphatic hydroxyl groups is 1. The quantitative estimate of drug-likeness (QED) is 0.272. The average Bonchev–Trinajstić information content (AvgIpc) is 2.81. The first-order chi connectivity index (χ1) is 16.3. The second kappa shape index (κ2) is 11.2. The first-order valence-corrected chi connectivity index (χ1v) is 12.1. The average molecular weight is 481 g/mol. The van der Waals surface area contributed by atoms with Gasteiger partial charge in [-0.2, -0.15) is 0 Å². The van der Waals surface area contributed by atoms with Gasteiger partial charge in [-0.3, -0.25) is 14.3 Å². The molecule has 2 N–H and O–H groups in total. The van der Waals surface area contributed by atoms with Gasteiger partial charge in [0.25, 0.3) is 0 Å². The van der Waals surface area contributed by atoms with Crippen LogP contribution in [0.1, 0.15) is 35.8 Å². The van der Waals surface area contributed by atoms with Crippen molar-refractivity contribution in [1.82, 2.24) is 4.98 Å². The number of terminal acetylenes is 1. The summed E-state index contributed by atoms with van der Waals surface area (Å²) >= 11 is 0. The number of rotatable bonds is 8. The van der Waals surface area contributed by atoms with Gasteiger partial charge in [0, 0.05) is 11.3 Å². The molecule has 1 aromatic heterocycles. The molecule has 0 saturated heterocycles. The minimum atomic E-state index is -3.42. The molecular weight excluding hydrogens is 456 g/mol. The standard InChI is InChI=1S/C26H25FNO5P/c1-4-20-24(26(34(31)32)21(29)15-22(30)33-5-2)23(17-11-13-19(27)14-12-17)16(3)25(28-20)18-9-7-6-8-10-18/h2,6-14,21,26,29,34H,4,15H2,1,3H3,(H,31,32). The highest BCUT2D eigenvalue weighted by atomic mass is 31.1. The molecule has 0 aliphatic rings. The van der Waals surface area contributed by atoms with E-state index < -0.39 is 38.0 Å². The summed E-state index contributed by atoms with van der Waals surface area (Å²) in [5.41, 5.74) is 2.87. The fourth-order valence-electron chi connectivity index (χ4n) is 4.09. The van der Waals surface area contributed by atoms with E-state index in [0.717, 1.165) is 5.56 Å². The van der Waals surface area contributed by atoms with Gasteiger partial charge in [0.2, 0.25) is 0 Å². The molecule has 0 fully saturated rings. The van der Waals surface area contributed by atoms with E-state index in [1.54, 1.807) is 18.2 Å². The molecule has 0 spiro atoms. The number of carbonyl (C=O) groups excluding carboxylic acids is 1. The third-order valence-electron chi connectivity index (χ3n) is 5.58. The molecule has 1 heterocycles. The number of aryl methyl sites for hydroxylation is 1. The molecule has 0 radical (unpaired) electrons. The molecule has 2 aromatic carbocycles. The van der Waals surface area contributed by atoms with Crippen molar-refractivity contribution >= 4 is 14.0 Å². The van der Waals surface area contributed by atoms with Crippen LogP contribution >= 0.6 is 8.03 Å². The van der Waals surface area contributed by atoms with Gasteiger partial charge in [-0.25, -0.2) is 4.39 Å². The summed E-state index contributed by atoms with van der Waals surface area (Å²) in [5.74, 6) is -1.32. The Kier molecular flexibility index (Phi) is 8.36. The van der Waals surface area contributed by atoms with Crippen molar-refractivity contribution in [2.75, 3.05) is 0 Å². The van der Waals surface area contributed by atoms with Crippen LogP contribution in [0.25, 0.3) is 22.4 Å². The molecule has 0 aliphatic heterocycles. The summed E-state index contributed by atoms with van der Waals surface area (Å²) in [6.07, 6.45) is 4.98. The monoisotopic (exact) mass is 481 g/mol. The maximum absolute atomic E-state index is 13.7.